The van der Waals surface area contributed by atoms with Crippen LogP contribution in [0.5, 0.6) is 17.2 Å². The van der Waals surface area contributed by atoms with E-state index in [-0.39, 0.29) is 11.9 Å². The van der Waals surface area contributed by atoms with E-state index in [0.717, 1.165) is 55.6 Å². The number of aromatic amines is 1. The molecule has 43 heavy (non-hydrogen) atoms. The predicted molar refractivity (Wildman–Crippen MR) is 170 cm³/mol. The van der Waals surface area contributed by atoms with Crippen molar-refractivity contribution in [1.29, 1.82) is 0 Å². The Morgan fingerprint density at radius 3 is 2.63 bits per heavy atom. The predicted octanol–water partition coefficient (Wildman–Crippen LogP) is 6.46. The maximum Gasteiger partial charge on any atom is 0.220 e. The van der Waals surface area contributed by atoms with Crippen LogP contribution in [0.4, 0.5) is 0 Å². The van der Waals surface area contributed by atoms with Gasteiger partial charge in [0.05, 0.1) is 14.2 Å². The second-order valence-electron chi connectivity index (χ2n) is 11.9. The van der Waals surface area contributed by atoms with E-state index in [9.17, 15) is 4.79 Å². The van der Waals surface area contributed by atoms with Crippen LogP contribution in [-0.2, 0) is 24.2 Å². The molecule has 226 valence electrons. The summed E-state index contributed by atoms with van der Waals surface area (Å²) >= 11 is 0. The normalized spacial score (nSPS) is 19.8. The number of nitrogens with one attached hydrogen (secondary N) is 2. The van der Waals surface area contributed by atoms with Crippen molar-refractivity contribution in [2.45, 2.75) is 51.7 Å². The molecule has 6 rings (SSSR count). The summed E-state index contributed by atoms with van der Waals surface area (Å²) in [6, 6.07) is 20.9. The molecule has 3 heterocycles. The molecule has 7 heteroatoms. The van der Waals surface area contributed by atoms with Crippen LogP contribution in [0, 0.1) is 11.8 Å². The lowest BCUT2D eigenvalue weighted by Gasteiger charge is -2.47. The molecule has 1 amide bonds. The topological polar surface area (TPSA) is 75.8 Å². The standard InChI is InChI=1S/C36H43N3O4/c1-4-25-22-39-17-15-29-30(20-33(41-2)36(42-3)35(29)43-23-24-10-6-5-7-11-24)32(39)18-27(25)19-34(40)37-16-14-26-21-38-31-13-9-8-12-28(26)31/h5-13,20-21,25,27,32,38H,4,14-19,22-23H2,1-3H3,(H,37,40)/t25-,27+,32-/m0/s1. The number of carbonyl (C=O) groups excluding carboxylic acids is 1. The Morgan fingerprint density at radius 1 is 1.02 bits per heavy atom. The number of amides is 1. The van der Waals surface area contributed by atoms with Gasteiger partial charge in [-0.25, -0.2) is 0 Å². The highest BCUT2D eigenvalue weighted by Gasteiger charge is 2.40. The van der Waals surface area contributed by atoms with Crippen molar-refractivity contribution in [2.75, 3.05) is 33.9 Å². The molecule has 0 spiro atoms. The highest BCUT2D eigenvalue weighted by atomic mass is 16.5. The number of fused-ring (bicyclic) bond motifs is 4. The quantitative estimate of drug-likeness (QED) is 0.213. The molecular weight excluding hydrogens is 538 g/mol. The van der Waals surface area contributed by atoms with Gasteiger partial charge in [0, 0.05) is 54.8 Å². The highest BCUT2D eigenvalue weighted by molar-refractivity contribution is 5.83. The lowest BCUT2D eigenvalue weighted by Crippen LogP contribution is -2.47. The second-order valence-corrected chi connectivity index (χ2v) is 11.9. The average Bonchev–Trinajstić information content (AvgIpc) is 3.46. The molecule has 2 aliphatic heterocycles. The van der Waals surface area contributed by atoms with Crippen molar-refractivity contribution in [3.05, 3.63) is 89.1 Å². The Bertz CT molecular complexity index is 1550. The second kappa shape index (κ2) is 13.1. The molecule has 0 unspecified atom stereocenters. The smallest absolute Gasteiger partial charge is 0.220 e. The fourth-order valence-electron chi connectivity index (χ4n) is 7.19. The van der Waals surface area contributed by atoms with Crippen LogP contribution in [0.1, 0.15) is 54.5 Å². The van der Waals surface area contributed by atoms with Gasteiger partial charge in [-0.2, -0.15) is 0 Å². The molecule has 0 bridgehead atoms. The first-order chi connectivity index (χ1) is 21.1. The molecule has 1 saturated heterocycles. The van der Waals surface area contributed by atoms with E-state index in [2.05, 4.69) is 64.7 Å². The SMILES string of the molecule is CC[C@H]1CN2CCc3c(cc(OC)c(OC)c3OCc3ccccc3)[C@@H]2C[C@@H]1CC(=O)NCCc1c[nH]c2ccccc12. The number of hydrogen-bond donors (Lipinski definition) is 2. The van der Waals surface area contributed by atoms with Gasteiger partial charge in [-0.15, -0.1) is 0 Å². The number of benzene rings is 3. The molecule has 2 N–H and O–H groups in total. The minimum absolute atomic E-state index is 0.145. The lowest BCUT2D eigenvalue weighted by molar-refractivity contribution is -0.123. The molecule has 0 aliphatic carbocycles. The molecule has 2 aliphatic rings. The maximum atomic E-state index is 13.2. The third kappa shape index (κ3) is 6.09. The van der Waals surface area contributed by atoms with Crippen molar-refractivity contribution < 1.29 is 19.0 Å². The Kier molecular flexibility index (Phi) is 8.89. The van der Waals surface area contributed by atoms with E-state index >= 15 is 0 Å². The van der Waals surface area contributed by atoms with Crippen LogP contribution in [0.25, 0.3) is 10.9 Å². The number of nitrogens with zero attached hydrogens (tertiary/aromatic N) is 1. The van der Waals surface area contributed by atoms with Crippen LogP contribution >= 0.6 is 0 Å². The average molecular weight is 582 g/mol. The van der Waals surface area contributed by atoms with Crippen LogP contribution < -0.4 is 19.5 Å². The summed E-state index contributed by atoms with van der Waals surface area (Å²) < 4.78 is 18.1. The molecule has 0 saturated carbocycles. The van der Waals surface area contributed by atoms with E-state index in [1.54, 1.807) is 14.2 Å². The first-order valence-corrected chi connectivity index (χ1v) is 15.6. The Hall–Kier alpha value is -3.97. The third-order valence-corrected chi connectivity index (χ3v) is 9.46. The van der Waals surface area contributed by atoms with Gasteiger partial charge >= 0.3 is 0 Å². The summed E-state index contributed by atoms with van der Waals surface area (Å²) in [5.41, 5.74) is 5.93. The summed E-state index contributed by atoms with van der Waals surface area (Å²) in [6.45, 7) is 5.33. The Morgan fingerprint density at radius 2 is 1.84 bits per heavy atom. The van der Waals surface area contributed by atoms with Gasteiger partial charge in [-0.3, -0.25) is 9.69 Å². The van der Waals surface area contributed by atoms with Crippen molar-refractivity contribution >= 4 is 16.8 Å². The van der Waals surface area contributed by atoms with Gasteiger partial charge in [-0.05, 0) is 59.9 Å². The number of piperidine rings is 1. The fourth-order valence-corrected chi connectivity index (χ4v) is 7.19. The van der Waals surface area contributed by atoms with Gasteiger partial charge in [0.25, 0.3) is 0 Å². The van der Waals surface area contributed by atoms with Crippen LogP contribution in [0.15, 0.2) is 66.9 Å². The third-order valence-electron chi connectivity index (χ3n) is 9.46. The van der Waals surface area contributed by atoms with Crippen molar-refractivity contribution in [2.24, 2.45) is 11.8 Å². The van der Waals surface area contributed by atoms with Crippen LogP contribution in [-0.4, -0.2) is 49.6 Å². The summed E-state index contributed by atoms with van der Waals surface area (Å²) in [5.74, 6) is 3.07. The number of ether oxygens (including phenoxy) is 3. The number of aromatic nitrogens is 1. The first-order valence-electron chi connectivity index (χ1n) is 15.6. The number of methoxy groups -OCH3 is 2. The van der Waals surface area contributed by atoms with Gasteiger partial charge in [0.1, 0.15) is 6.61 Å². The zero-order valence-corrected chi connectivity index (χ0v) is 25.5. The summed E-state index contributed by atoms with van der Waals surface area (Å²) in [7, 11) is 3.36. The number of H-pyrrole nitrogens is 1. The zero-order chi connectivity index (χ0) is 29.8. The number of para-hydroxylation sites is 1. The van der Waals surface area contributed by atoms with E-state index in [0.29, 0.717) is 42.9 Å². The monoisotopic (exact) mass is 581 g/mol. The first kappa shape index (κ1) is 29.1. The molecule has 1 aromatic heterocycles. The number of rotatable bonds is 11. The van der Waals surface area contributed by atoms with Gasteiger partial charge < -0.3 is 24.5 Å². The summed E-state index contributed by atoms with van der Waals surface area (Å²) in [6.07, 6.45) is 6.33. The van der Waals surface area contributed by atoms with E-state index in [4.69, 9.17) is 14.2 Å². The molecule has 3 atom stereocenters. The van der Waals surface area contributed by atoms with Crippen molar-refractivity contribution in [1.82, 2.24) is 15.2 Å². The number of hydrogen-bond acceptors (Lipinski definition) is 5. The van der Waals surface area contributed by atoms with E-state index < -0.39 is 0 Å². The van der Waals surface area contributed by atoms with E-state index in [1.165, 1.54) is 22.1 Å². The van der Waals surface area contributed by atoms with Gasteiger partial charge in [0.2, 0.25) is 11.7 Å². The van der Waals surface area contributed by atoms with Crippen LogP contribution in [0.3, 0.4) is 0 Å². The summed E-state index contributed by atoms with van der Waals surface area (Å²) in [5, 5.41) is 4.45. The zero-order valence-electron chi connectivity index (χ0n) is 25.5. The van der Waals surface area contributed by atoms with Crippen molar-refractivity contribution in [3.63, 3.8) is 0 Å². The minimum atomic E-state index is 0.145. The molecule has 0 radical (unpaired) electrons. The Balaban J connectivity index is 1.18. The van der Waals surface area contributed by atoms with Gasteiger partial charge in [0.15, 0.2) is 11.5 Å². The number of carbonyl (C=O) groups is 1. The maximum absolute atomic E-state index is 13.2. The largest absolute Gasteiger partial charge is 0.493 e. The molecular formula is C36H43N3O4. The fraction of sp³-hybridized carbons (Fsp3) is 0.417. The van der Waals surface area contributed by atoms with Gasteiger partial charge in [-0.1, -0.05) is 61.9 Å². The summed E-state index contributed by atoms with van der Waals surface area (Å²) in [4.78, 5) is 19.2. The minimum Gasteiger partial charge on any atom is -0.493 e. The van der Waals surface area contributed by atoms with Crippen molar-refractivity contribution in [3.8, 4) is 17.2 Å². The molecule has 7 nitrogen and oxygen atoms in total. The molecule has 1 fully saturated rings. The molecule has 3 aromatic carbocycles. The van der Waals surface area contributed by atoms with Crippen LogP contribution in [0.2, 0.25) is 0 Å². The highest BCUT2D eigenvalue weighted by Crippen LogP contribution is 2.50. The van der Waals surface area contributed by atoms with E-state index in [1.807, 2.05) is 24.3 Å². The lowest BCUT2D eigenvalue weighted by atomic mass is 9.74. The Labute approximate surface area is 254 Å². The molecule has 4 aromatic rings.